The Balaban J connectivity index is 2.05. The molecule has 3 aromatic rings. The second-order valence-electron chi connectivity index (χ2n) is 7.38. The molecule has 0 bridgehead atoms. The molecular weight excluding hydrogens is 445 g/mol. The molecule has 2 amide bonds. The van der Waals surface area contributed by atoms with Crippen molar-refractivity contribution in [2.45, 2.75) is 33.0 Å². The SMILES string of the molecule is Cc1cc(Cl)cc(C(=O)NC(C)C)c1NC(=O)c1cnn(-c2ccccc2)c1C(F)(F)F. The predicted molar refractivity (Wildman–Crippen MR) is 115 cm³/mol. The maximum Gasteiger partial charge on any atom is 0.434 e. The first-order chi connectivity index (χ1) is 15.0. The van der Waals surface area contributed by atoms with E-state index >= 15 is 0 Å². The van der Waals surface area contributed by atoms with Crippen molar-refractivity contribution in [1.29, 1.82) is 0 Å². The number of nitrogens with zero attached hydrogens (tertiary/aromatic N) is 2. The van der Waals surface area contributed by atoms with Gasteiger partial charge in [0.15, 0.2) is 5.69 Å². The highest BCUT2D eigenvalue weighted by atomic mass is 35.5. The van der Waals surface area contributed by atoms with Crippen molar-refractivity contribution in [2.75, 3.05) is 5.32 Å². The monoisotopic (exact) mass is 464 g/mol. The van der Waals surface area contributed by atoms with Crippen molar-refractivity contribution < 1.29 is 22.8 Å². The second kappa shape index (κ2) is 9.04. The first-order valence-electron chi connectivity index (χ1n) is 9.62. The molecule has 32 heavy (non-hydrogen) atoms. The number of benzene rings is 2. The lowest BCUT2D eigenvalue weighted by Gasteiger charge is -2.17. The molecule has 2 N–H and O–H groups in total. The molecule has 0 saturated heterocycles. The summed E-state index contributed by atoms with van der Waals surface area (Å²) in [5, 5.41) is 9.16. The van der Waals surface area contributed by atoms with E-state index in [1.54, 1.807) is 39.0 Å². The summed E-state index contributed by atoms with van der Waals surface area (Å²) in [6.07, 6.45) is -4.00. The molecule has 0 radical (unpaired) electrons. The van der Waals surface area contributed by atoms with Crippen LogP contribution in [-0.2, 0) is 6.18 Å². The Labute approximate surface area is 187 Å². The minimum absolute atomic E-state index is 0.0426. The van der Waals surface area contributed by atoms with Gasteiger partial charge in [0, 0.05) is 11.1 Å². The van der Waals surface area contributed by atoms with Crippen molar-refractivity contribution >= 4 is 29.1 Å². The number of carbonyl (C=O) groups is 2. The van der Waals surface area contributed by atoms with E-state index in [0.717, 1.165) is 6.20 Å². The smallest absolute Gasteiger partial charge is 0.350 e. The standard InChI is InChI=1S/C22H20ClF3N4O2/c1-12(2)28-20(31)16-10-14(23)9-13(3)18(16)29-21(32)17-11-27-30(19(17)22(24,25)26)15-7-5-4-6-8-15/h4-12H,1-3H3,(H,28,31)(H,29,32). The highest BCUT2D eigenvalue weighted by Gasteiger charge is 2.40. The molecule has 168 valence electrons. The van der Waals surface area contributed by atoms with Crippen molar-refractivity contribution in [1.82, 2.24) is 15.1 Å². The second-order valence-corrected chi connectivity index (χ2v) is 7.82. The molecule has 3 rings (SSSR count). The molecule has 0 aliphatic heterocycles. The molecular formula is C22H20ClF3N4O2. The van der Waals surface area contributed by atoms with Crippen LogP contribution >= 0.6 is 11.6 Å². The summed E-state index contributed by atoms with van der Waals surface area (Å²) in [5.74, 6) is -1.57. The topological polar surface area (TPSA) is 76.0 Å². The average Bonchev–Trinajstić information content (AvgIpc) is 3.15. The lowest BCUT2D eigenvalue weighted by Crippen LogP contribution is -2.31. The molecule has 1 heterocycles. The van der Waals surface area contributed by atoms with Gasteiger partial charge in [-0.1, -0.05) is 29.8 Å². The number of hydrogen-bond donors (Lipinski definition) is 2. The lowest BCUT2D eigenvalue weighted by molar-refractivity contribution is -0.143. The van der Waals surface area contributed by atoms with Crippen LogP contribution in [0.4, 0.5) is 18.9 Å². The van der Waals surface area contributed by atoms with Gasteiger partial charge in [-0.2, -0.15) is 18.3 Å². The van der Waals surface area contributed by atoms with E-state index in [-0.39, 0.29) is 28.0 Å². The normalized spacial score (nSPS) is 11.5. The van der Waals surface area contributed by atoms with E-state index in [9.17, 15) is 22.8 Å². The van der Waals surface area contributed by atoms with Gasteiger partial charge in [0.1, 0.15) is 0 Å². The molecule has 6 nitrogen and oxygen atoms in total. The van der Waals surface area contributed by atoms with Gasteiger partial charge in [-0.05, 0) is 50.6 Å². The quantitative estimate of drug-likeness (QED) is 0.542. The third-order valence-electron chi connectivity index (χ3n) is 4.49. The van der Waals surface area contributed by atoms with Crippen LogP contribution in [0.2, 0.25) is 5.02 Å². The van der Waals surface area contributed by atoms with Gasteiger partial charge in [-0.25, -0.2) is 4.68 Å². The Bertz CT molecular complexity index is 1160. The zero-order valence-electron chi connectivity index (χ0n) is 17.4. The molecule has 0 saturated carbocycles. The number of aromatic nitrogens is 2. The van der Waals surface area contributed by atoms with Crippen LogP contribution in [-0.4, -0.2) is 27.6 Å². The molecule has 0 unspecified atom stereocenters. The van der Waals surface area contributed by atoms with Crippen LogP contribution in [0.5, 0.6) is 0 Å². The van der Waals surface area contributed by atoms with Crippen LogP contribution in [0, 0.1) is 6.92 Å². The van der Waals surface area contributed by atoms with E-state index in [2.05, 4.69) is 15.7 Å². The number of nitrogens with one attached hydrogen (secondary N) is 2. The molecule has 0 aliphatic carbocycles. The maximum atomic E-state index is 13.9. The van der Waals surface area contributed by atoms with Gasteiger partial charge in [0.25, 0.3) is 11.8 Å². The van der Waals surface area contributed by atoms with E-state index in [4.69, 9.17) is 11.6 Å². The highest BCUT2D eigenvalue weighted by Crippen LogP contribution is 2.34. The summed E-state index contributed by atoms with van der Waals surface area (Å²) in [6, 6.07) is 10.3. The summed E-state index contributed by atoms with van der Waals surface area (Å²) in [7, 11) is 0. The molecule has 0 fully saturated rings. The Kier molecular flexibility index (Phi) is 6.59. The largest absolute Gasteiger partial charge is 0.434 e. The number of halogens is 4. The van der Waals surface area contributed by atoms with E-state index in [1.165, 1.54) is 24.3 Å². The van der Waals surface area contributed by atoms with Crippen LogP contribution in [0.1, 0.15) is 45.8 Å². The first kappa shape index (κ1) is 23.3. The van der Waals surface area contributed by atoms with Crippen LogP contribution in [0.3, 0.4) is 0 Å². The Hall–Kier alpha value is -3.33. The zero-order valence-corrected chi connectivity index (χ0v) is 18.2. The van der Waals surface area contributed by atoms with Gasteiger partial charge < -0.3 is 10.6 Å². The van der Waals surface area contributed by atoms with Gasteiger partial charge in [0.2, 0.25) is 0 Å². The maximum absolute atomic E-state index is 13.9. The fraction of sp³-hybridized carbons (Fsp3) is 0.227. The number of rotatable bonds is 5. The van der Waals surface area contributed by atoms with Crippen molar-refractivity contribution in [3.8, 4) is 5.69 Å². The molecule has 1 aromatic heterocycles. The van der Waals surface area contributed by atoms with Gasteiger partial charge in [-0.15, -0.1) is 0 Å². The Morgan fingerprint density at radius 1 is 1.06 bits per heavy atom. The van der Waals surface area contributed by atoms with Gasteiger partial charge in [0.05, 0.1) is 28.7 Å². The van der Waals surface area contributed by atoms with Crippen LogP contribution in [0.25, 0.3) is 5.69 Å². The molecule has 0 aliphatic rings. The van der Waals surface area contributed by atoms with E-state index in [1.807, 2.05) is 0 Å². The van der Waals surface area contributed by atoms with Crippen molar-refractivity contribution in [2.24, 2.45) is 0 Å². The first-order valence-corrected chi connectivity index (χ1v) is 9.99. The number of aryl methyl sites for hydroxylation is 1. The number of para-hydroxylation sites is 1. The Morgan fingerprint density at radius 3 is 2.31 bits per heavy atom. The summed E-state index contributed by atoms with van der Waals surface area (Å²) < 4.78 is 42.3. The molecule has 10 heteroatoms. The predicted octanol–water partition coefficient (Wildman–Crippen LogP) is 5.24. The van der Waals surface area contributed by atoms with Crippen molar-refractivity contribution in [3.05, 3.63) is 76.1 Å². The van der Waals surface area contributed by atoms with Gasteiger partial charge >= 0.3 is 6.18 Å². The number of carbonyl (C=O) groups excluding carboxylic acids is 2. The number of alkyl halides is 3. The third-order valence-corrected chi connectivity index (χ3v) is 4.70. The average molecular weight is 465 g/mol. The summed E-state index contributed by atoms with van der Waals surface area (Å²) in [4.78, 5) is 25.5. The number of hydrogen-bond acceptors (Lipinski definition) is 3. The van der Waals surface area contributed by atoms with Crippen LogP contribution < -0.4 is 10.6 Å². The summed E-state index contributed by atoms with van der Waals surface area (Å²) in [5.41, 5.74) is -1.21. The summed E-state index contributed by atoms with van der Waals surface area (Å²) in [6.45, 7) is 5.09. The zero-order chi connectivity index (χ0) is 23.6. The lowest BCUT2D eigenvalue weighted by atomic mass is 10.1. The highest BCUT2D eigenvalue weighted by molar-refractivity contribution is 6.31. The van der Waals surface area contributed by atoms with E-state index < -0.39 is 29.2 Å². The summed E-state index contributed by atoms with van der Waals surface area (Å²) >= 11 is 6.06. The fourth-order valence-corrected chi connectivity index (χ4v) is 3.43. The minimum atomic E-state index is -4.86. The van der Waals surface area contributed by atoms with E-state index in [0.29, 0.717) is 10.2 Å². The van der Waals surface area contributed by atoms with Crippen molar-refractivity contribution in [3.63, 3.8) is 0 Å². The Morgan fingerprint density at radius 2 is 1.72 bits per heavy atom. The minimum Gasteiger partial charge on any atom is -0.350 e. The van der Waals surface area contributed by atoms with Crippen LogP contribution in [0.15, 0.2) is 48.7 Å². The molecule has 0 spiro atoms. The molecule has 2 aromatic carbocycles. The molecule has 0 atom stereocenters. The fourth-order valence-electron chi connectivity index (χ4n) is 3.16. The van der Waals surface area contributed by atoms with Gasteiger partial charge in [-0.3, -0.25) is 9.59 Å². The number of anilines is 1. The number of amides is 2. The third kappa shape index (κ3) is 4.94.